The van der Waals surface area contributed by atoms with E-state index in [2.05, 4.69) is 33.7 Å². The number of amides is 1. The molecule has 140 valence electrons. The van der Waals surface area contributed by atoms with Crippen molar-refractivity contribution < 1.29 is 4.79 Å². The Morgan fingerprint density at radius 3 is 2.14 bits per heavy atom. The fourth-order valence-electron chi connectivity index (χ4n) is 2.97. The maximum atomic E-state index is 12.3. The maximum Gasteiger partial charge on any atom is 0.248 e. The van der Waals surface area contributed by atoms with E-state index in [4.69, 9.17) is 0 Å². The zero-order chi connectivity index (χ0) is 19.9. The van der Waals surface area contributed by atoms with Crippen LogP contribution in [0.4, 0.5) is 17.1 Å². The number of anilines is 1. The Morgan fingerprint density at radius 1 is 0.690 bits per heavy atom. The van der Waals surface area contributed by atoms with E-state index < -0.39 is 0 Å². The minimum atomic E-state index is -0.184. The Bertz CT molecular complexity index is 1170. The van der Waals surface area contributed by atoms with Crippen molar-refractivity contribution in [3.05, 3.63) is 109 Å². The molecule has 4 aromatic rings. The smallest absolute Gasteiger partial charge is 0.248 e. The van der Waals surface area contributed by atoms with E-state index in [-0.39, 0.29) is 5.91 Å². The topological polar surface area (TPSA) is 53.8 Å². The van der Waals surface area contributed by atoms with E-state index in [0.717, 1.165) is 27.7 Å². The molecule has 0 radical (unpaired) electrons. The first-order valence-corrected chi connectivity index (χ1v) is 9.32. The minimum Gasteiger partial charge on any atom is -0.323 e. The quantitative estimate of drug-likeness (QED) is 0.298. The lowest BCUT2D eigenvalue weighted by Crippen LogP contribution is -2.07. The van der Waals surface area contributed by atoms with Crippen LogP contribution in [0.15, 0.2) is 113 Å². The van der Waals surface area contributed by atoms with Gasteiger partial charge in [-0.05, 0) is 58.8 Å². The molecule has 29 heavy (non-hydrogen) atoms. The Hall–Kier alpha value is -4.05. The molecular weight excluding hydrogens is 358 g/mol. The summed E-state index contributed by atoms with van der Waals surface area (Å²) in [5.74, 6) is -0.184. The molecule has 0 aliphatic carbocycles. The van der Waals surface area contributed by atoms with Crippen molar-refractivity contribution in [3.63, 3.8) is 0 Å². The molecule has 0 aromatic heterocycles. The molecular formula is C25H19N3O. The number of carbonyl (C=O) groups excluding carboxylic acids is 1. The van der Waals surface area contributed by atoms with Crippen molar-refractivity contribution in [1.29, 1.82) is 0 Å². The highest BCUT2D eigenvalue weighted by atomic mass is 16.1. The third-order valence-corrected chi connectivity index (χ3v) is 4.41. The predicted molar refractivity (Wildman–Crippen MR) is 119 cm³/mol. The largest absolute Gasteiger partial charge is 0.323 e. The molecule has 0 atom stereocenters. The van der Waals surface area contributed by atoms with Gasteiger partial charge in [0, 0.05) is 11.8 Å². The van der Waals surface area contributed by atoms with Gasteiger partial charge in [0.25, 0.3) is 0 Å². The van der Waals surface area contributed by atoms with Crippen LogP contribution in [-0.2, 0) is 4.79 Å². The third-order valence-electron chi connectivity index (χ3n) is 4.41. The first-order chi connectivity index (χ1) is 14.3. The highest BCUT2D eigenvalue weighted by Crippen LogP contribution is 2.21. The normalized spacial score (nSPS) is 11.3. The number of rotatable bonds is 5. The minimum absolute atomic E-state index is 0.184. The van der Waals surface area contributed by atoms with Crippen LogP contribution in [0.3, 0.4) is 0 Å². The van der Waals surface area contributed by atoms with Crippen LogP contribution in [0.1, 0.15) is 5.56 Å². The first-order valence-electron chi connectivity index (χ1n) is 9.32. The molecule has 0 saturated heterocycles. The molecule has 4 heteroatoms. The highest BCUT2D eigenvalue weighted by Gasteiger charge is 2.00. The van der Waals surface area contributed by atoms with Crippen molar-refractivity contribution in [2.75, 3.05) is 5.32 Å². The van der Waals surface area contributed by atoms with E-state index in [1.807, 2.05) is 84.9 Å². The lowest BCUT2D eigenvalue weighted by Gasteiger charge is -2.03. The summed E-state index contributed by atoms with van der Waals surface area (Å²) >= 11 is 0. The van der Waals surface area contributed by atoms with E-state index in [0.29, 0.717) is 5.69 Å². The van der Waals surface area contributed by atoms with Crippen LogP contribution in [0.5, 0.6) is 0 Å². The van der Waals surface area contributed by atoms with Crippen LogP contribution in [-0.4, -0.2) is 5.91 Å². The molecule has 4 rings (SSSR count). The number of nitrogens with one attached hydrogen (secondary N) is 1. The summed E-state index contributed by atoms with van der Waals surface area (Å²) in [6, 6.07) is 31.0. The average molecular weight is 377 g/mol. The molecule has 0 aliphatic rings. The third kappa shape index (κ3) is 4.82. The number of carbonyl (C=O) groups is 1. The summed E-state index contributed by atoms with van der Waals surface area (Å²) in [5.41, 5.74) is 3.23. The average Bonchev–Trinajstić information content (AvgIpc) is 2.78. The summed E-state index contributed by atoms with van der Waals surface area (Å²) in [5, 5.41) is 13.5. The van der Waals surface area contributed by atoms with E-state index in [9.17, 15) is 4.79 Å². The summed E-state index contributed by atoms with van der Waals surface area (Å²) < 4.78 is 0. The second kappa shape index (κ2) is 8.76. The molecule has 0 aliphatic heterocycles. The molecule has 0 fully saturated rings. The van der Waals surface area contributed by atoms with Crippen LogP contribution >= 0.6 is 0 Å². The molecule has 0 bridgehead atoms. The SMILES string of the molecule is O=C(/C=C/c1cccc2ccccc12)Nc1ccc(N=Nc2ccccc2)cc1. The number of benzene rings is 4. The summed E-state index contributed by atoms with van der Waals surface area (Å²) in [6.45, 7) is 0. The Balaban J connectivity index is 1.40. The van der Waals surface area contributed by atoms with Gasteiger partial charge < -0.3 is 5.32 Å². The second-order valence-electron chi connectivity index (χ2n) is 6.47. The van der Waals surface area contributed by atoms with Crippen molar-refractivity contribution in [2.24, 2.45) is 10.2 Å². The molecule has 0 spiro atoms. The van der Waals surface area contributed by atoms with E-state index in [1.165, 1.54) is 0 Å². The lowest BCUT2D eigenvalue weighted by atomic mass is 10.0. The number of hydrogen-bond donors (Lipinski definition) is 1. The monoisotopic (exact) mass is 377 g/mol. The van der Waals surface area contributed by atoms with Gasteiger partial charge in [-0.15, -0.1) is 0 Å². The molecule has 1 amide bonds. The Kier molecular flexibility index (Phi) is 5.53. The molecule has 1 N–H and O–H groups in total. The summed E-state index contributed by atoms with van der Waals surface area (Å²) in [6.07, 6.45) is 3.38. The maximum absolute atomic E-state index is 12.3. The molecule has 4 aromatic carbocycles. The number of fused-ring (bicyclic) bond motifs is 1. The zero-order valence-corrected chi connectivity index (χ0v) is 15.7. The fourth-order valence-corrected chi connectivity index (χ4v) is 2.97. The van der Waals surface area contributed by atoms with Gasteiger partial charge in [-0.1, -0.05) is 60.7 Å². The van der Waals surface area contributed by atoms with Crippen LogP contribution in [0.2, 0.25) is 0 Å². The second-order valence-corrected chi connectivity index (χ2v) is 6.47. The van der Waals surface area contributed by atoms with Crippen LogP contribution in [0.25, 0.3) is 16.8 Å². The van der Waals surface area contributed by atoms with Crippen molar-refractivity contribution in [3.8, 4) is 0 Å². The lowest BCUT2D eigenvalue weighted by molar-refractivity contribution is -0.111. The van der Waals surface area contributed by atoms with E-state index in [1.54, 1.807) is 6.08 Å². The van der Waals surface area contributed by atoms with Gasteiger partial charge in [-0.2, -0.15) is 10.2 Å². The number of nitrogens with zero attached hydrogens (tertiary/aromatic N) is 2. The van der Waals surface area contributed by atoms with Gasteiger partial charge >= 0.3 is 0 Å². The zero-order valence-electron chi connectivity index (χ0n) is 15.7. The number of azo groups is 1. The van der Waals surface area contributed by atoms with Gasteiger partial charge in [0.2, 0.25) is 5.91 Å². The summed E-state index contributed by atoms with van der Waals surface area (Å²) in [7, 11) is 0. The van der Waals surface area contributed by atoms with Crippen LogP contribution in [0, 0.1) is 0 Å². The predicted octanol–water partition coefficient (Wildman–Crippen LogP) is 6.91. The fraction of sp³-hybridized carbons (Fsp3) is 0. The van der Waals surface area contributed by atoms with Crippen molar-refractivity contribution in [2.45, 2.75) is 0 Å². The Labute approximate surface area is 169 Å². The van der Waals surface area contributed by atoms with Gasteiger partial charge in [0.15, 0.2) is 0 Å². The van der Waals surface area contributed by atoms with Gasteiger partial charge in [0.1, 0.15) is 0 Å². The van der Waals surface area contributed by atoms with Crippen molar-refractivity contribution >= 4 is 39.8 Å². The van der Waals surface area contributed by atoms with Crippen molar-refractivity contribution in [1.82, 2.24) is 0 Å². The summed E-state index contributed by atoms with van der Waals surface area (Å²) in [4.78, 5) is 12.3. The molecule has 0 unspecified atom stereocenters. The van der Waals surface area contributed by atoms with Gasteiger partial charge in [0.05, 0.1) is 11.4 Å². The number of hydrogen-bond acceptors (Lipinski definition) is 3. The van der Waals surface area contributed by atoms with E-state index >= 15 is 0 Å². The standard InChI is InChI=1S/C25H19N3O/c29-25(18-13-20-9-6-8-19-7-4-5-12-24(19)20)26-21-14-16-23(17-15-21)28-27-22-10-2-1-3-11-22/h1-18H,(H,26,29)/b18-13+,28-27?. The Morgan fingerprint density at radius 2 is 1.34 bits per heavy atom. The molecule has 4 nitrogen and oxygen atoms in total. The van der Waals surface area contributed by atoms with Crippen LogP contribution < -0.4 is 5.32 Å². The first kappa shape index (κ1) is 18.3. The van der Waals surface area contributed by atoms with Gasteiger partial charge in [-0.25, -0.2) is 0 Å². The molecule has 0 saturated carbocycles. The molecule has 0 heterocycles. The highest BCUT2D eigenvalue weighted by molar-refractivity contribution is 6.03. The van der Waals surface area contributed by atoms with Gasteiger partial charge in [-0.3, -0.25) is 4.79 Å².